The van der Waals surface area contributed by atoms with E-state index in [4.69, 9.17) is 10.00 Å². The van der Waals surface area contributed by atoms with Crippen LogP contribution in [0.1, 0.15) is 41.6 Å². The molecule has 0 saturated carbocycles. The van der Waals surface area contributed by atoms with Crippen LogP contribution in [-0.4, -0.2) is 18.0 Å². The van der Waals surface area contributed by atoms with Crippen molar-refractivity contribution in [3.63, 3.8) is 0 Å². The maximum Gasteiger partial charge on any atom is 0.348 e. The molecule has 0 radical (unpaired) electrons. The van der Waals surface area contributed by atoms with E-state index in [1.165, 1.54) is 6.92 Å². The fourth-order valence-corrected chi connectivity index (χ4v) is 2.44. The summed E-state index contributed by atoms with van der Waals surface area (Å²) in [5.74, 6) is -0.753. The SMILES string of the molecule is CC(=O)Nc1sc(C(=O)OC(C)C)c(C)c1C#N. The van der Waals surface area contributed by atoms with Gasteiger partial charge < -0.3 is 10.1 Å². The molecular formula is C12H14N2O3S. The minimum atomic E-state index is -0.472. The lowest BCUT2D eigenvalue weighted by Crippen LogP contribution is -2.11. The summed E-state index contributed by atoms with van der Waals surface area (Å²) in [5.41, 5.74) is 0.850. The van der Waals surface area contributed by atoms with Gasteiger partial charge in [-0.25, -0.2) is 4.79 Å². The van der Waals surface area contributed by atoms with Crippen LogP contribution < -0.4 is 5.32 Å². The number of nitrogens with zero attached hydrogens (tertiary/aromatic N) is 1. The maximum absolute atomic E-state index is 11.8. The van der Waals surface area contributed by atoms with Gasteiger partial charge in [-0.1, -0.05) is 0 Å². The van der Waals surface area contributed by atoms with E-state index in [2.05, 4.69) is 5.32 Å². The molecule has 1 N–H and O–H groups in total. The smallest absolute Gasteiger partial charge is 0.348 e. The standard InChI is InChI=1S/C12H14N2O3S/c1-6(2)17-12(16)10-7(3)9(5-13)11(18-10)14-8(4)15/h6H,1-4H3,(H,14,15). The number of thiophene rings is 1. The number of hydrogen-bond acceptors (Lipinski definition) is 5. The van der Waals surface area contributed by atoms with E-state index in [1.54, 1.807) is 20.8 Å². The Bertz CT molecular complexity index is 526. The molecule has 0 unspecified atom stereocenters. The third kappa shape index (κ3) is 3.08. The van der Waals surface area contributed by atoms with E-state index >= 15 is 0 Å². The van der Waals surface area contributed by atoms with Crippen LogP contribution in [0.15, 0.2) is 0 Å². The average molecular weight is 266 g/mol. The topological polar surface area (TPSA) is 79.2 Å². The van der Waals surface area contributed by atoms with E-state index in [0.717, 1.165) is 11.3 Å². The van der Waals surface area contributed by atoms with Gasteiger partial charge in [-0.05, 0) is 26.3 Å². The molecule has 0 aliphatic rings. The zero-order valence-corrected chi connectivity index (χ0v) is 11.5. The lowest BCUT2D eigenvalue weighted by molar-refractivity contribution is -0.114. The van der Waals surface area contributed by atoms with E-state index in [1.807, 2.05) is 6.07 Å². The lowest BCUT2D eigenvalue weighted by Gasteiger charge is -2.06. The number of hydrogen-bond donors (Lipinski definition) is 1. The summed E-state index contributed by atoms with van der Waals surface area (Å²) in [6.45, 7) is 6.52. The third-order valence-corrected chi connectivity index (χ3v) is 3.26. The highest BCUT2D eigenvalue weighted by Crippen LogP contribution is 2.33. The van der Waals surface area contributed by atoms with Crippen molar-refractivity contribution in [3.8, 4) is 6.07 Å². The number of carbonyl (C=O) groups is 2. The van der Waals surface area contributed by atoms with Crippen LogP contribution in [0.25, 0.3) is 0 Å². The molecule has 0 spiro atoms. The Kier molecular flexibility index (Phi) is 4.45. The average Bonchev–Trinajstić information content (AvgIpc) is 2.53. The number of nitrogens with one attached hydrogen (secondary N) is 1. The highest BCUT2D eigenvalue weighted by Gasteiger charge is 2.22. The van der Waals surface area contributed by atoms with Gasteiger partial charge in [-0.15, -0.1) is 11.3 Å². The zero-order valence-electron chi connectivity index (χ0n) is 10.7. The van der Waals surface area contributed by atoms with Crippen molar-refractivity contribution in [1.82, 2.24) is 0 Å². The Morgan fingerprint density at radius 1 is 1.44 bits per heavy atom. The summed E-state index contributed by atoms with van der Waals surface area (Å²) in [7, 11) is 0. The molecule has 0 bridgehead atoms. The molecule has 1 heterocycles. The summed E-state index contributed by atoms with van der Waals surface area (Å²) in [4.78, 5) is 23.2. The molecule has 1 rings (SSSR count). The first-order valence-corrected chi connectivity index (χ1v) is 6.20. The maximum atomic E-state index is 11.8. The number of ether oxygens (including phenoxy) is 1. The predicted octanol–water partition coefficient (Wildman–Crippen LogP) is 2.45. The number of esters is 1. The van der Waals surface area contributed by atoms with Crippen LogP contribution in [0.3, 0.4) is 0 Å². The predicted molar refractivity (Wildman–Crippen MR) is 68.6 cm³/mol. The second kappa shape index (κ2) is 5.65. The molecule has 6 heteroatoms. The molecule has 1 amide bonds. The van der Waals surface area contributed by atoms with Crippen LogP contribution in [0.2, 0.25) is 0 Å². The van der Waals surface area contributed by atoms with E-state index in [0.29, 0.717) is 21.0 Å². The number of rotatable bonds is 3. The van der Waals surface area contributed by atoms with Crippen molar-refractivity contribution < 1.29 is 14.3 Å². The van der Waals surface area contributed by atoms with Crippen molar-refractivity contribution in [1.29, 1.82) is 5.26 Å². The normalized spacial score (nSPS) is 10.0. The highest BCUT2D eigenvalue weighted by molar-refractivity contribution is 7.18. The van der Waals surface area contributed by atoms with Gasteiger partial charge in [-0.3, -0.25) is 4.79 Å². The van der Waals surface area contributed by atoms with E-state index in [-0.39, 0.29) is 12.0 Å². The summed E-state index contributed by atoms with van der Waals surface area (Å²) >= 11 is 1.06. The summed E-state index contributed by atoms with van der Waals surface area (Å²) in [5, 5.41) is 12.0. The highest BCUT2D eigenvalue weighted by atomic mass is 32.1. The van der Waals surface area contributed by atoms with Crippen molar-refractivity contribution in [2.24, 2.45) is 0 Å². The van der Waals surface area contributed by atoms with Gasteiger partial charge in [-0.2, -0.15) is 5.26 Å². The number of carbonyl (C=O) groups excluding carboxylic acids is 2. The Labute approximate surface area is 109 Å². The summed E-state index contributed by atoms with van der Waals surface area (Å²) in [6.07, 6.45) is -0.228. The van der Waals surface area contributed by atoms with Gasteiger partial charge in [0, 0.05) is 6.92 Å². The first kappa shape index (κ1) is 14.2. The van der Waals surface area contributed by atoms with Gasteiger partial charge in [0.15, 0.2) is 0 Å². The zero-order chi connectivity index (χ0) is 13.9. The van der Waals surface area contributed by atoms with E-state index in [9.17, 15) is 9.59 Å². The van der Waals surface area contributed by atoms with Crippen LogP contribution in [0, 0.1) is 18.3 Å². The molecular weight excluding hydrogens is 252 g/mol. The monoisotopic (exact) mass is 266 g/mol. The third-order valence-electron chi connectivity index (χ3n) is 2.08. The van der Waals surface area contributed by atoms with Crippen molar-refractivity contribution in [2.75, 3.05) is 5.32 Å². The Balaban J connectivity index is 3.15. The molecule has 18 heavy (non-hydrogen) atoms. The molecule has 0 fully saturated rings. The van der Waals surface area contributed by atoms with Crippen molar-refractivity contribution in [3.05, 3.63) is 16.0 Å². The van der Waals surface area contributed by atoms with Crippen LogP contribution in [0.5, 0.6) is 0 Å². The molecule has 0 aromatic carbocycles. The van der Waals surface area contributed by atoms with Gasteiger partial charge in [0.05, 0.1) is 11.7 Å². The largest absolute Gasteiger partial charge is 0.459 e. The second-order valence-electron chi connectivity index (χ2n) is 4.01. The second-order valence-corrected chi connectivity index (χ2v) is 5.03. The molecule has 96 valence electrons. The quantitative estimate of drug-likeness (QED) is 0.852. The molecule has 0 aliphatic heterocycles. The molecule has 1 aromatic rings. The molecule has 0 atom stereocenters. The Morgan fingerprint density at radius 3 is 2.50 bits per heavy atom. The van der Waals surface area contributed by atoms with E-state index < -0.39 is 5.97 Å². The lowest BCUT2D eigenvalue weighted by atomic mass is 10.2. The fourth-order valence-electron chi connectivity index (χ4n) is 1.36. The number of anilines is 1. The van der Waals surface area contributed by atoms with Crippen LogP contribution >= 0.6 is 11.3 Å². The fraction of sp³-hybridized carbons (Fsp3) is 0.417. The first-order chi connectivity index (χ1) is 8.36. The minimum Gasteiger partial charge on any atom is -0.459 e. The first-order valence-electron chi connectivity index (χ1n) is 5.38. The Morgan fingerprint density at radius 2 is 2.06 bits per heavy atom. The van der Waals surface area contributed by atoms with Gasteiger partial charge in [0.1, 0.15) is 15.9 Å². The summed E-state index contributed by atoms with van der Waals surface area (Å²) < 4.78 is 5.08. The van der Waals surface area contributed by atoms with Crippen molar-refractivity contribution >= 4 is 28.2 Å². The van der Waals surface area contributed by atoms with Crippen molar-refractivity contribution in [2.45, 2.75) is 33.8 Å². The van der Waals surface area contributed by atoms with Gasteiger partial charge >= 0.3 is 5.97 Å². The molecule has 0 aliphatic carbocycles. The number of nitriles is 1. The molecule has 5 nitrogen and oxygen atoms in total. The van der Waals surface area contributed by atoms with Gasteiger partial charge in [0.25, 0.3) is 0 Å². The van der Waals surface area contributed by atoms with Crippen LogP contribution in [0.4, 0.5) is 5.00 Å². The van der Waals surface area contributed by atoms with Gasteiger partial charge in [0.2, 0.25) is 5.91 Å². The Hall–Kier alpha value is -1.87. The number of amides is 1. The minimum absolute atomic E-state index is 0.228. The summed E-state index contributed by atoms with van der Waals surface area (Å²) in [6, 6.07) is 1.99. The molecule has 0 saturated heterocycles. The molecule has 1 aromatic heterocycles. The van der Waals surface area contributed by atoms with Crippen LogP contribution in [-0.2, 0) is 9.53 Å².